The fraction of sp³-hybridized carbons (Fsp3) is 0.389. The number of phenolic OH excluding ortho intramolecular Hbond substituents is 1. The van der Waals surface area contributed by atoms with E-state index in [0.29, 0.717) is 45.6 Å². The molecule has 2 aromatic carbocycles. The number of allylic oxidation sites excluding steroid dienone is 1. The van der Waals surface area contributed by atoms with Gasteiger partial charge in [-0.05, 0) is 73.2 Å². The van der Waals surface area contributed by atoms with Crippen molar-refractivity contribution in [2.45, 2.75) is 64.5 Å². The summed E-state index contributed by atoms with van der Waals surface area (Å²) in [7, 11) is 4.51. The van der Waals surface area contributed by atoms with E-state index in [1.807, 2.05) is 0 Å². The highest BCUT2D eigenvalue weighted by Gasteiger charge is 2.23. The van der Waals surface area contributed by atoms with E-state index >= 15 is 0 Å². The molecule has 1 aliphatic carbocycles. The van der Waals surface area contributed by atoms with Crippen LogP contribution in [0.25, 0.3) is 28.2 Å². The molecular weight excluding hydrogens is 570 g/mol. The summed E-state index contributed by atoms with van der Waals surface area (Å²) in [5.41, 5.74) is 5.63. The summed E-state index contributed by atoms with van der Waals surface area (Å²) in [6, 6.07) is 9.77. The number of unbranched alkanes of at least 4 members (excludes halogenated alkanes) is 3. The average Bonchev–Trinajstić information content (AvgIpc) is 3.41. The second-order valence-electron chi connectivity index (χ2n) is 11.4. The number of benzene rings is 2. The Morgan fingerprint density at radius 1 is 1.07 bits per heavy atom. The number of aliphatic hydroxyl groups excluding tert-OH is 1. The molecule has 0 saturated carbocycles. The molecule has 0 spiro atoms. The molecule has 0 bridgehead atoms. The van der Waals surface area contributed by atoms with Gasteiger partial charge in [-0.1, -0.05) is 38.3 Å². The summed E-state index contributed by atoms with van der Waals surface area (Å²) >= 11 is 0. The molecule has 0 fully saturated rings. The third-order valence-electron chi connectivity index (χ3n) is 8.44. The normalized spacial score (nSPS) is 13.0. The van der Waals surface area contributed by atoms with Crippen LogP contribution in [0.2, 0.25) is 0 Å². The number of aliphatic hydroxyl groups is 1. The first-order valence-corrected chi connectivity index (χ1v) is 15.6. The maximum absolute atomic E-state index is 14.0. The van der Waals surface area contributed by atoms with E-state index in [-0.39, 0.29) is 24.0 Å². The van der Waals surface area contributed by atoms with Crippen molar-refractivity contribution >= 4 is 22.9 Å². The average molecular weight is 614 g/mol. The Morgan fingerprint density at radius 2 is 1.91 bits per heavy atom. The van der Waals surface area contributed by atoms with Gasteiger partial charge in [-0.3, -0.25) is 4.79 Å². The third kappa shape index (κ3) is 6.93. The number of amides is 1. The van der Waals surface area contributed by atoms with Crippen LogP contribution in [-0.4, -0.2) is 59.6 Å². The Bertz CT molecular complexity index is 1690. The van der Waals surface area contributed by atoms with Crippen LogP contribution in [0.15, 0.2) is 48.7 Å². The monoisotopic (exact) mass is 613 g/mol. The highest BCUT2D eigenvalue weighted by Crippen LogP contribution is 2.41. The number of nitrogens with zero attached hydrogens (tertiary/aromatic N) is 2. The Morgan fingerprint density at radius 3 is 2.64 bits per heavy atom. The standard InChI is InChI=1S/C36H43N3O6/c1-5-6-7-10-15-39-21-24(27-11-8-9-12-32(27)39)16-25(22-40)37-36(42)29-20-31(38-30-14-13-26(43-2)19-28(29)30)23-17-33(41)35(45-4)34(18-23)44-3/h8,11,13-14,17-21,25,40-41H,5-7,9-10,12,15-16,22H2,1-4H3,(H,37,42)/t25-/m1/s1. The van der Waals surface area contributed by atoms with Gasteiger partial charge in [0.05, 0.1) is 50.8 Å². The second-order valence-corrected chi connectivity index (χ2v) is 11.4. The summed E-state index contributed by atoms with van der Waals surface area (Å²) in [6.45, 7) is 2.98. The number of ether oxygens (including phenoxy) is 3. The van der Waals surface area contributed by atoms with Crippen LogP contribution in [0.5, 0.6) is 23.0 Å². The molecule has 2 aromatic heterocycles. The second kappa shape index (κ2) is 14.5. The molecule has 45 heavy (non-hydrogen) atoms. The van der Waals surface area contributed by atoms with Crippen molar-refractivity contribution in [2.75, 3.05) is 27.9 Å². The number of aromatic hydroxyl groups is 1. The van der Waals surface area contributed by atoms with Gasteiger partial charge in [0, 0.05) is 29.4 Å². The van der Waals surface area contributed by atoms with Gasteiger partial charge in [0.25, 0.3) is 5.91 Å². The molecule has 238 valence electrons. The first-order chi connectivity index (χ1) is 21.9. The molecule has 5 rings (SSSR count). The summed E-state index contributed by atoms with van der Waals surface area (Å²) in [5, 5.41) is 24.7. The summed E-state index contributed by atoms with van der Waals surface area (Å²) < 4.78 is 18.5. The van der Waals surface area contributed by atoms with Crippen LogP contribution in [0.4, 0.5) is 0 Å². The topological polar surface area (TPSA) is 115 Å². The zero-order valence-electron chi connectivity index (χ0n) is 26.6. The molecular formula is C36H43N3O6. The highest BCUT2D eigenvalue weighted by molar-refractivity contribution is 6.07. The Hall–Kier alpha value is -4.50. The van der Waals surface area contributed by atoms with Gasteiger partial charge < -0.3 is 34.3 Å². The molecule has 2 heterocycles. The lowest BCUT2D eigenvalue weighted by molar-refractivity contribution is 0.0918. The minimum absolute atomic E-state index is 0.107. The number of carbonyl (C=O) groups excluding carboxylic acids is 1. The van der Waals surface area contributed by atoms with Gasteiger partial charge in [0.2, 0.25) is 5.75 Å². The van der Waals surface area contributed by atoms with Crippen LogP contribution in [0.1, 0.15) is 66.2 Å². The fourth-order valence-electron chi connectivity index (χ4n) is 6.10. The number of nitrogens with one attached hydrogen (secondary N) is 1. The van der Waals surface area contributed by atoms with Crippen molar-refractivity contribution in [1.29, 1.82) is 0 Å². The number of pyridine rings is 1. The first kappa shape index (κ1) is 31.9. The molecule has 1 atom stereocenters. The van der Waals surface area contributed by atoms with E-state index in [2.05, 4.69) is 35.2 Å². The lowest BCUT2D eigenvalue weighted by Gasteiger charge is -2.18. The zero-order chi connectivity index (χ0) is 31.9. The first-order valence-electron chi connectivity index (χ1n) is 15.6. The molecule has 0 saturated heterocycles. The maximum Gasteiger partial charge on any atom is 0.252 e. The minimum atomic E-state index is -0.504. The number of fused-ring (bicyclic) bond motifs is 2. The van der Waals surface area contributed by atoms with E-state index in [9.17, 15) is 15.0 Å². The summed E-state index contributed by atoms with van der Waals surface area (Å²) in [5.74, 6) is 0.688. The Balaban J connectivity index is 1.47. The molecule has 1 aliphatic rings. The van der Waals surface area contributed by atoms with Crippen LogP contribution in [0.3, 0.4) is 0 Å². The molecule has 3 N–H and O–H groups in total. The minimum Gasteiger partial charge on any atom is -0.504 e. The van der Waals surface area contributed by atoms with Gasteiger partial charge in [0.1, 0.15) is 5.75 Å². The van der Waals surface area contributed by atoms with Gasteiger partial charge in [-0.15, -0.1) is 0 Å². The van der Waals surface area contributed by atoms with Crippen molar-refractivity contribution in [2.24, 2.45) is 0 Å². The number of methoxy groups -OCH3 is 3. The van der Waals surface area contributed by atoms with Gasteiger partial charge in [0.15, 0.2) is 11.5 Å². The molecule has 1 amide bonds. The number of phenols is 1. The van der Waals surface area contributed by atoms with E-state index in [1.165, 1.54) is 50.8 Å². The molecule has 0 unspecified atom stereocenters. The lowest BCUT2D eigenvalue weighted by atomic mass is 9.97. The van der Waals surface area contributed by atoms with Crippen molar-refractivity contribution in [3.05, 3.63) is 71.1 Å². The summed E-state index contributed by atoms with van der Waals surface area (Å²) in [4.78, 5) is 18.8. The van der Waals surface area contributed by atoms with Crippen LogP contribution in [0, 0.1) is 0 Å². The molecule has 4 aromatic rings. The predicted molar refractivity (Wildman–Crippen MR) is 176 cm³/mol. The number of carbonyl (C=O) groups is 1. The molecule has 0 aliphatic heterocycles. The quantitative estimate of drug-likeness (QED) is 0.143. The lowest BCUT2D eigenvalue weighted by Crippen LogP contribution is -2.39. The number of hydrogen-bond donors (Lipinski definition) is 3. The molecule has 0 radical (unpaired) electrons. The van der Waals surface area contributed by atoms with E-state index in [4.69, 9.17) is 19.2 Å². The van der Waals surface area contributed by atoms with Crippen molar-refractivity contribution in [3.63, 3.8) is 0 Å². The van der Waals surface area contributed by atoms with Crippen LogP contribution < -0.4 is 19.5 Å². The van der Waals surface area contributed by atoms with Crippen LogP contribution in [-0.2, 0) is 19.4 Å². The zero-order valence-corrected chi connectivity index (χ0v) is 26.6. The summed E-state index contributed by atoms with van der Waals surface area (Å²) in [6.07, 6.45) is 13.9. The smallest absolute Gasteiger partial charge is 0.252 e. The largest absolute Gasteiger partial charge is 0.504 e. The van der Waals surface area contributed by atoms with Crippen LogP contribution >= 0.6 is 0 Å². The molecule has 9 heteroatoms. The Kier molecular flexibility index (Phi) is 10.3. The van der Waals surface area contributed by atoms with Gasteiger partial charge in [-0.2, -0.15) is 0 Å². The van der Waals surface area contributed by atoms with Crippen molar-refractivity contribution < 1.29 is 29.2 Å². The highest BCUT2D eigenvalue weighted by atomic mass is 16.5. The van der Waals surface area contributed by atoms with E-state index in [1.54, 1.807) is 37.4 Å². The predicted octanol–water partition coefficient (Wildman–Crippen LogP) is 6.31. The number of aryl methyl sites for hydroxylation is 1. The number of aromatic nitrogens is 2. The maximum atomic E-state index is 14.0. The van der Waals surface area contributed by atoms with Gasteiger partial charge >= 0.3 is 0 Å². The van der Waals surface area contributed by atoms with E-state index < -0.39 is 6.04 Å². The van der Waals surface area contributed by atoms with E-state index in [0.717, 1.165) is 31.4 Å². The third-order valence-corrected chi connectivity index (χ3v) is 8.44. The molecule has 9 nitrogen and oxygen atoms in total. The van der Waals surface area contributed by atoms with Crippen molar-refractivity contribution in [1.82, 2.24) is 14.9 Å². The number of hydrogen-bond acceptors (Lipinski definition) is 7. The Labute approximate surface area is 264 Å². The van der Waals surface area contributed by atoms with Gasteiger partial charge in [-0.25, -0.2) is 4.98 Å². The fourth-order valence-corrected chi connectivity index (χ4v) is 6.10. The SMILES string of the molecule is CCCCCCn1cc(C[C@H](CO)NC(=O)c2cc(-c3cc(O)c(OC)c(OC)c3)nc3ccc(OC)cc23)c2c1CCC=C2. The number of rotatable bonds is 14. The van der Waals surface area contributed by atoms with Crippen molar-refractivity contribution in [3.8, 4) is 34.3 Å².